The van der Waals surface area contributed by atoms with Gasteiger partial charge in [-0.25, -0.2) is 4.39 Å². The minimum absolute atomic E-state index is 0.157. The van der Waals surface area contributed by atoms with E-state index in [1.54, 1.807) is 13.0 Å². The van der Waals surface area contributed by atoms with Crippen LogP contribution in [-0.2, 0) is 0 Å². The van der Waals surface area contributed by atoms with Gasteiger partial charge in [-0.1, -0.05) is 25.7 Å². The van der Waals surface area contributed by atoms with Crippen molar-refractivity contribution in [2.75, 3.05) is 0 Å². The molecule has 2 aromatic rings. The molecule has 0 atom stereocenters. The van der Waals surface area contributed by atoms with Gasteiger partial charge in [0.15, 0.2) is 0 Å². The van der Waals surface area contributed by atoms with Gasteiger partial charge in [-0.15, -0.1) is 0 Å². The van der Waals surface area contributed by atoms with Crippen molar-refractivity contribution in [3.63, 3.8) is 0 Å². The summed E-state index contributed by atoms with van der Waals surface area (Å²) in [6.07, 6.45) is 0.348. The molecule has 0 aliphatic carbocycles. The maximum absolute atomic E-state index is 13.3. The molecule has 1 aromatic carbocycles. The van der Waals surface area contributed by atoms with Gasteiger partial charge in [-0.05, 0) is 42.3 Å². The van der Waals surface area contributed by atoms with Crippen LogP contribution in [0.3, 0.4) is 0 Å². The summed E-state index contributed by atoms with van der Waals surface area (Å²) in [7, 11) is 0. The molecule has 2 nitrogen and oxygen atoms in total. The highest BCUT2D eigenvalue weighted by molar-refractivity contribution is 5.73. The number of hydrogen-bond acceptors (Lipinski definition) is 2. The molecule has 0 fully saturated rings. The van der Waals surface area contributed by atoms with Crippen LogP contribution in [0.1, 0.15) is 18.9 Å². The average Bonchev–Trinajstić information content (AvgIpc) is 3.02. The molecule has 2 rings (SSSR count). The second-order valence-electron chi connectivity index (χ2n) is 5.23. The second kappa shape index (κ2) is 7.42. The molecule has 1 aromatic heterocycles. The molecule has 132 valence electrons. The van der Waals surface area contributed by atoms with Gasteiger partial charge >= 0.3 is 6.18 Å². The van der Waals surface area contributed by atoms with Crippen molar-refractivity contribution < 1.29 is 27.1 Å². The summed E-state index contributed by atoms with van der Waals surface area (Å²) in [6, 6.07) is 4.97. The highest BCUT2D eigenvalue weighted by Crippen LogP contribution is 2.34. The Morgan fingerprint density at radius 1 is 1.24 bits per heavy atom. The predicted molar refractivity (Wildman–Crippen MR) is 88.4 cm³/mol. The number of phenolic OH excluding ortho intramolecular Hbond substituents is 1. The SMILES string of the molecule is C=C/C(=C\C=C(/CC)c1coc(-c2cc(F)ccc2O)c1)C(F)(F)F. The van der Waals surface area contributed by atoms with Crippen molar-refractivity contribution in [2.24, 2.45) is 0 Å². The van der Waals surface area contributed by atoms with Gasteiger partial charge < -0.3 is 9.52 Å². The summed E-state index contributed by atoms with van der Waals surface area (Å²) < 4.78 is 56.9. The predicted octanol–water partition coefficient (Wildman–Crippen LogP) is 6.26. The van der Waals surface area contributed by atoms with Gasteiger partial charge in [-0.3, -0.25) is 0 Å². The Labute approximate surface area is 142 Å². The third-order valence-electron chi connectivity index (χ3n) is 3.59. The van der Waals surface area contributed by atoms with E-state index in [0.29, 0.717) is 17.6 Å². The van der Waals surface area contributed by atoms with Crippen molar-refractivity contribution in [3.8, 4) is 17.1 Å². The van der Waals surface area contributed by atoms with E-state index in [1.165, 1.54) is 18.4 Å². The van der Waals surface area contributed by atoms with Crippen molar-refractivity contribution in [3.05, 3.63) is 72.3 Å². The number of furan rings is 1. The summed E-state index contributed by atoms with van der Waals surface area (Å²) in [5.74, 6) is -0.480. The van der Waals surface area contributed by atoms with Crippen molar-refractivity contribution in [2.45, 2.75) is 19.5 Å². The fraction of sp³-hybridized carbons (Fsp3) is 0.158. The minimum Gasteiger partial charge on any atom is -0.507 e. The van der Waals surface area contributed by atoms with E-state index < -0.39 is 17.6 Å². The Hall–Kier alpha value is -2.76. The highest BCUT2D eigenvalue weighted by atomic mass is 19.4. The fourth-order valence-corrected chi connectivity index (χ4v) is 2.24. The summed E-state index contributed by atoms with van der Waals surface area (Å²) >= 11 is 0. The fourth-order valence-electron chi connectivity index (χ4n) is 2.24. The summed E-state index contributed by atoms with van der Waals surface area (Å²) in [5.41, 5.74) is 0.446. The number of halogens is 4. The van der Waals surface area contributed by atoms with Crippen molar-refractivity contribution >= 4 is 5.57 Å². The summed E-state index contributed by atoms with van der Waals surface area (Å²) in [6.45, 7) is 4.95. The number of aromatic hydroxyl groups is 1. The Kier molecular flexibility index (Phi) is 5.51. The van der Waals surface area contributed by atoms with Crippen LogP contribution in [0.15, 0.2) is 65.3 Å². The molecule has 0 spiro atoms. The van der Waals surface area contributed by atoms with E-state index in [0.717, 1.165) is 24.3 Å². The van der Waals surface area contributed by atoms with Crippen LogP contribution in [0.5, 0.6) is 5.75 Å². The second-order valence-corrected chi connectivity index (χ2v) is 5.23. The first-order chi connectivity index (χ1) is 11.8. The van der Waals surface area contributed by atoms with Crippen LogP contribution in [-0.4, -0.2) is 11.3 Å². The maximum Gasteiger partial charge on any atom is 0.416 e. The van der Waals surface area contributed by atoms with Gasteiger partial charge in [-0.2, -0.15) is 13.2 Å². The molecule has 1 N–H and O–H groups in total. The molecule has 6 heteroatoms. The summed E-state index contributed by atoms with van der Waals surface area (Å²) in [4.78, 5) is 0. The van der Waals surface area contributed by atoms with Crippen LogP contribution < -0.4 is 0 Å². The summed E-state index contributed by atoms with van der Waals surface area (Å²) in [5, 5.41) is 9.80. The molecule has 1 heterocycles. The third kappa shape index (κ3) is 4.41. The van der Waals surface area contributed by atoms with Crippen LogP contribution in [0, 0.1) is 5.82 Å². The lowest BCUT2D eigenvalue weighted by atomic mass is 10.0. The Balaban J connectivity index is 2.39. The first-order valence-electron chi connectivity index (χ1n) is 7.44. The standard InChI is InChI=1S/C19H16F4O2/c1-3-12(5-6-14(4-2)19(21,22)23)13-9-18(25-11-13)16-10-15(20)7-8-17(16)24/h4-11,24H,2-3H2,1H3/b12-5+,14-6+. The van der Waals surface area contributed by atoms with E-state index in [1.807, 2.05) is 0 Å². The number of phenols is 1. The zero-order valence-corrected chi connectivity index (χ0v) is 13.4. The highest BCUT2D eigenvalue weighted by Gasteiger charge is 2.30. The molecule has 0 unspecified atom stereocenters. The van der Waals surface area contributed by atoms with Crippen LogP contribution in [0.4, 0.5) is 17.6 Å². The first kappa shape index (κ1) is 18.6. The number of alkyl halides is 3. The van der Waals surface area contributed by atoms with Gasteiger partial charge in [0, 0.05) is 5.56 Å². The minimum atomic E-state index is -4.48. The van der Waals surface area contributed by atoms with Gasteiger partial charge in [0.2, 0.25) is 0 Å². The van der Waals surface area contributed by atoms with Crippen LogP contribution >= 0.6 is 0 Å². The van der Waals surface area contributed by atoms with Crippen LogP contribution in [0.25, 0.3) is 16.9 Å². The largest absolute Gasteiger partial charge is 0.507 e. The molecule has 0 bridgehead atoms. The zero-order valence-electron chi connectivity index (χ0n) is 13.4. The Morgan fingerprint density at radius 3 is 2.56 bits per heavy atom. The van der Waals surface area contributed by atoms with E-state index in [-0.39, 0.29) is 17.1 Å². The van der Waals surface area contributed by atoms with Gasteiger partial charge in [0.05, 0.1) is 17.4 Å². The Morgan fingerprint density at radius 2 is 1.96 bits per heavy atom. The smallest absolute Gasteiger partial charge is 0.416 e. The van der Waals surface area contributed by atoms with Gasteiger partial charge in [0.1, 0.15) is 17.3 Å². The molecular formula is C19H16F4O2. The number of rotatable bonds is 5. The third-order valence-corrected chi connectivity index (χ3v) is 3.59. The molecule has 0 saturated carbocycles. The lowest BCUT2D eigenvalue weighted by molar-refractivity contribution is -0.0881. The van der Waals surface area contributed by atoms with Crippen molar-refractivity contribution in [1.29, 1.82) is 0 Å². The van der Waals surface area contributed by atoms with Crippen LogP contribution in [0.2, 0.25) is 0 Å². The number of allylic oxidation sites excluding steroid dienone is 5. The topological polar surface area (TPSA) is 33.4 Å². The Bertz CT molecular complexity index is 826. The molecule has 0 radical (unpaired) electrons. The monoisotopic (exact) mass is 352 g/mol. The molecule has 0 aliphatic rings. The lowest BCUT2D eigenvalue weighted by Crippen LogP contribution is -2.09. The first-order valence-corrected chi connectivity index (χ1v) is 7.44. The molecule has 0 saturated heterocycles. The normalized spacial score (nSPS) is 13.2. The van der Waals surface area contributed by atoms with E-state index in [9.17, 15) is 22.7 Å². The quantitative estimate of drug-likeness (QED) is 0.509. The van der Waals surface area contributed by atoms with E-state index >= 15 is 0 Å². The van der Waals surface area contributed by atoms with Crippen molar-refractivity contribution in [1.82, 2.24) is 0 Å². The lowest BCUT2D eigenvalue weighted by Gasteiger charge is -2.06. The molecular weight excluding hydrogens is 336 g/mol. The molecule has 0 amide bonds. The number of benzene rings is 1. The van der Waals surface area contributed by atoms with Gasteiger partial charge in [0.25, 0.3) is 0 Å². The maximum atomic E-state index is 13.3. The molecule has 25 heavy (non-hydrogen) atoms. The zero-order chi connectivity index (χ0) is 18.6. The van der Waals surface area contributed by atoms with E-state index in [4.69, 9.17) is 4.42 Å². The van der Waals surface area contributed by atoms with E-state index in [2.05, 4.69) is 6.58 Å². The number of hydrogen-bond donors (Lipinski definition) is 1. The molecule has 0 aliphatic heterocycles. The average molecular weight is 352 g/mol.